The first-order valence-electron chi connectivity index (χ1n) is 7.06. The van der Waals surface area contributed by atoms with Crippen LogP contribution in [0.5, 0.6) is 11.8 Å². The van der Waals surface area contributed by atoms with Gasteiger partial charge in [-0.25, -0.2) is 18.4 Å². The minimum absolute atomic E-state index is 0.199. The molecule has 2 rings (SSSR count). The Morgan fingerprint density at radius 1 is 1.33 bits per heavy atom. The predicted molar refractivity (Wildman–Crippen MR) is 77.9 cm³/mol. The first-order chi connectivity index (χ1) is 10.1. The van der Waals surface area contributed by atoms with Gasteiger partial charge in [0.15, 0.2) is 0 Å². The summed E-state index contributed by atoms with van der Waals surface area (Å²) >= 11 is 0. The third-order valence-electron chi connectivity index (χ3n) is 3.36. The Labute approximate surface area is 125 Å². The average molecular weight is 315 g/mol. The van der Waals surface area contributed by atoms with Crippen LogP contribution in [-0.2, 0) is 10.0 Å². The lowest BCUT2D eigenvalue weighted by atomic mass is 10.3. The molecule has 21 heavy (non-hydrogen) atoms. The maximum Gasteiger partial charge on any atom is 0.278 e. The number of sulfonamides is 1. The number of ether oxygens (including phenoxy) is 2. The number of aromatic nitrogens is 2. The first kappa shape index (κ1) is 16.0. The summed E-state index contributed by atoms with van der Waals surface area (Å²) < 4.78 is 36.6. The van der Waals surface area contributed by atoms with Gasteiger partial charge in [0, 0.05) is 18.9 Å². The van der Waals surface area contributed by atoms with Crippen LogP contribution >= 0.6 is 0 Å². The molecule has 0 bridgehead atoms. The lowest BCUT2D eigenvalue weighted by molar-refractivity contribution is 0.194. The van der Waals surface area contributed by atoms with E-state index in [9.17, 15) is 8.42 Å². The maximum absolute atomic E-state index is 12.1. The second-order valence-corrected chi connectivity index (χ2v) is 7.02. The van der Waals surface area contributed by atoms with Crippen LogP contribution in [0, 0.1) is 0 Å². The normalized spacial score (nSPS) is 19.6. The molecule has 0 aliphatic carbocycles. The van der Waals surface area contributed by atoms with Crippen molar-refractivity contribution in [2.45, 2.75) is 32.3 Å². The van der Waals surface area contributed by atoms with E-state index in [0.717, 1.165) is 6.42 Å². The molecule has 1 fully saturated rings. The van der Waals surface area contributed by atoms with Crippen LogP contribution in [0.25, 0.3) is 0 Å². The van der Waals surface area contributed by atoms with Crippen LogP contribution in [0.15, 0.2) is 12.4 Å². The molecule has 1 aromatic heterocycles. The van der Waals surface area contributed by atoms with E-state index >= 15 is 0 Å². The van der Waals surface area contributed by atoms with Crippen LogP contribution in [0.4, 0.5) is 0 Å². The van der Waals surface area contributed by atoms with Crippen LogP contribution in [0.1, 0.15) is 26.2 Å². The van der Waals surface area contributed by atoms with Gasteiger partial charge in [-0.2, -0.15) is 4.31 Å². The van der Waals surface area contributed by atoms with Crippen molar-refractivity contribution in [3.8, 4) is 11.8 Å². The molecule has 118 valence electrons. The van der Waals surface area contributed by atoms with E-state index in [-0.39, 0.29) is 11.9 Å². The van der Waals surface area contributed by atoms with Crippen LogP contribution in [0.2, 0.25) is 0 Å². The van der Waals surface area contributed by atoms with Crippen molar-refractivity contribution in [3.05, 3.63) is 12.4 Å². The van der Waals surface area contributed by atoms with Crippen molar-refractivity contribution in [2.75, 3.05) is 26.0 Å². The largest absolute Gasteiger partial charge is 0.477 e. The molecule has 7 nitrogen and oxygen atoms in total. The van der Waals surface area contributed by atoms with E-state index in [2.05, 4.69) is 9.97 Å². The molecule has 0 aromatic carbocycles. The number of methoxy groups -OCH3 is 1. The van der Waals surface area contributed by atoms with E-state index in [4.69, 9.17) is 9.47 Å². The highest BCUT2D eigenvalue weighted by Gasteiger charge is 2.32. The van der Waals surface area contributed by atoms with Gasteiger partial charge in [0.2, 0.25) is 10.0 Å². The summed E-state index contributed by atoms with van der Waals surface area (Å²) in [6.45, 7) is 2.82. The molecule has 0 radical (unpaired) electrons. The zero-order valence-electron chi connectivity index (χ0n) is 12.4. The predicted octanol–water partition coefficient (Wildman–Crippen LogP) is 1.07. The summed E-state index contributed by atoms with van der Waals surface area (Å²) in [7, 11) is -1.68. The second kappa shape index (κ2) is 7.04. The zero-order chi connectivity index (χ0) is 15.3. The van der Waals surface area contributed by atoms with Gasteiger partial charge in [-0.3, -0.25) is 0 Å². The fourth-order valence-electron chi connectivity index (χ4n) is 2.19. The molecular formula is C13H21N3O4S. The second-order valence-electron chi connectivity index (χ2n) is 4.93. The van der Waals surface area contributed by atoms with Crippen molar-refractivity contribution in [3.63, 3.8) is 0 Å². The average Bonchev–Trinajstić information content (AvgIpc) is 2.95. The van der Waals surface area contributed by atoms with E-state index in [1.165, 1.54) is 23.8 Å². The summed E-state index contributed by atoms with van der Waals surface area (Å²) in [5.41, 5.74) is 0. The molecule has 0 spiro atoms. The molecule has 1 atom stereocenters. The molecule has 8 heteroatoms. The highest BCUT2D eigenvalue weighted by molar-refractivity contribution is 7.89. The lowest BCUT2D eigenvalue weighted by Gasteiger charge is -2.17. The van der Waals surface area contributed by atoms with Gasteiger partial charge in [0.25, 0.3) is 11.8 Å². The molecule has 0 N–H and O–H groups in total. The molecule has 1 saturated heterocycles. The third kappa shape index (κ3) is 4.04. The maximum atomic E-state index is 12.1. The Morgan fingerprint density at radius 3 is 2.71 bits per heavy atom. The molecule has 1 aromatic rings. The number of unbranched alkanes of at least 4 members (excludes halogenated alkanes) is 1. The number of hydrogen-bond donors (Lipinski definition) is 0. The van der Waals surface area contributed by atoms with Gasteiger partial charge < -0.3 is 9.47 Å². The highest BCUT2D eigenvalue weighted by atomic mass is 32.2. The van der Waals surface area contributed by atoms with Crippen molar-refractivity contribution in [1.29, 1.82) is 0 Å². The standard InChI is InChI=1S/C13H21N3O4S/c1-3-4-9-21(17,18)16-8-5-11(10-16)20-13-12(19-2)14-6-7-15-13/h6-7,11H,3-5,8-10H2,1-2H3. The fraction of sp³-hybridized carbons (Fsp3) is 0.692. The third-order valence-corrected chi connectivity index (χ3v) is 5.28. The fourth-order valence-corrected chi connectivity index (χ4v) is 3.88. The van der Waals surface area contributed by atoms with Gasteiger partial charge >= 0.3 is 0 Å². The molecule has 1 aliphatic rings. The van der Waals surface area contributed by atoms with E-state index in [0.29, 0.717) is 37.7 Å². The summed E-state index contributed by atoms with van der Waals surface area (Å²) in [5, 5.41) is 0. The molecule has 0 saturated carbocycles. The number of rotatable bonds is 7. The molecule has 1 aliphatic heterocycles. The monoisotopic (exact) mass is 315 g/mol. The van der Waals surface area contributed by atoms with Gasteiger partial charge in [0.1, 0.15) is 6.10 Å². The van der Waals surface area contributed by atoms with Gasteiger partial charge in [-0.1, -0.05) is 13.3 Å². The summed E-state index contributed by atoms with van der Waals surface area (Å²) in [6.07, 6.45) is 5.01. The van der Waals surface area contributed by atoms with Crippen molar-refractivity contribution < 1.29 is 17.9 Å². The summed E-state index contributed by atoms with van der Waals surface area (Å²) in [4.78, 5) is 8.08. The smallest absolute Gasteiger partial charge is 0.278 e. The van der Waals surface area contributed by atoms with Crippen molar-refractivity contribution >= 4 is 10.0 Å². The summed E-state index contributed by atoms with van der Waals surface area (Å²) in [5.74, 6) is 0.813. The minimum Gasteiger partial charge on any atom is -0.477 e. The van der Waals surface area contributed by atoms with Crippen LogP contribution < -0.4 is 9.47 Å². The quantitative estimate of drug-likeness (QED) is 0.748. The van der Waals surface area contributed by atoms with Crippen molar-refractivity contribution in [2.24, 2.45) is 0 Å². The van der Waals surface area contributed by atoms with E-state index in [1.807, 2.05) is 6.92 Å². The van der Waals surface area contributed by atoms with Gasteiger partial charge in [-0.15, -0.1) is 0 Å². The summed E-state index contributed by atoms with van der Waals surface area (Å²) in [6, 6.07) is 0. The van der Waals surface area contributed by atoms with Gasteiger partial charge in [0.05, 0.1) is 19.4 Å². The highest BCUT2D eigenvalue weighted by Crippen LogP contribution is 2.25. The van der Waals surface area contributed by atoms with E-state index in [1.54, 1.807) is 0 Å². The molecular weight excluding hydrogens is 294 g/mol. The minimum atomic E-state index is -3.18. The lowest BCUT2D eigenvalue weighted by Crippen LogP contribution is -2.32. The Hall–Kier alpha value is -1.41. The van der Waals surface area contributed by atoms with Crippen molar-refractivity contribution in [1.82, 2.24) is 14.3 Å². The molecule has 2 heterocycles. The number of hydrogen-bond acceptors (Lipinski definition) is 6. The van der Waals surface area contributed by atoms with Crippen LogP contribution in [-0.4, -0.2) is 54.7 Å². The SMILES string of the molecule is CCCCS(=O)(=O)N1CCC(Oc2nccnc2OC)C1. The Balaban J connectivity index is 1.96. The topological polar surface area (TPSA) is 81.6 Å². The zero-order valence-corrected chi connectivity index (χ0v) is 13.2. The van der Waals surface area contributed by atoms with E-state index < -0.39 is 10.0 Å². The number of nitrogens with zero attached hydrogens (tertiary/aromatic N) is 3. The van der Waals surface area contributed by atoms with Crippen LogP contribution in [0.3, 0.4) is 0 Å². The molecule has 1 unspecified atom stereocenters. The Kier molecular flexibility index (Phi) is 5.35. The first-order valence-corrected chi connectivity index (χ1v) is 8.67. The Bertz CT molecular complexity index is 564. The van der Waals surface area contributed by atoms with Gasteiger partial charge in [-0.05, 0) is 12.8 Å². The Morgan fingerprint density at radius 2 is 2.05 bits per heavy atom. The molecule has 0 amide bonds.